The van der Waals surface area contributed by atoms with Crippen molar-refractivity contribution < 1.29 is 9.53 Å². The first kappa shape index (κ1) is 16.3. The number of carbonyl (C=O) groups excluding carboxylic acids is 1. The van der Waals surface area contributed by atoms with E-state index >= 15 is 0 Å². The van der Waals surface area contributed by atoms with Crippen LogP contribution in [0.2, 0.25) is 0 Å². The number of fused-ring (bicyclic) bond motifs is 1. The Morgan fingerprint density at radius 1 is 1.04 bits per heavy atom. The number of anilines is 1. The zero-order valence-corrected chi connectivity index (χ0v) is 14.4. The van der Waals surface area contributed by atoms with Gasteiger partial charge in [-0.2, -0.15) is 0 Å². The van der Waals surface area contributed by atoms with Gasteiger partial charge in [0.15, 0.2) is 0 Å². The smallest absolute Gasteiger partial charge is 0.241 e. The van der Waals surface area contributed by atoms with Crippen molar-refractivity contribution in [3.63, 3.8) is 0 Å². The number of rotatable bonds is 3. The van der Waals surface area contributed by atoms with Crippen LogP contribution in [0, 0.1) is 0 Å². The first-order chi connectivity index (χ1) is 12.3. The molecule has 4 nitrogen and oxygen atoms in total. The molecule has 0 radical (unpaired) electrons. The maximum absolute atomic E-state index is 12.9. The van der Waals surface area contributed by atoms with Crippen LogP contribution in [-0.2, 0) is 16.0 Å². The van der Waals surface area contributed by atoms with Gasteiger partial charge in [0, 0.05) is 25.3 Å². The summed E-state index contributed by atoms with van der Waals surface area (Å²) in [6.45, 7) is 3.53. The van der Waals surface area contributed by atoms with Gasteiger partial charge in [-0.1, -0.05) is 48.5 Å². The fraction of sp³-hybridized carbons (Fsp3) is 0.381. The van der Waals surface area contributed by atoms with Crippen LogP contribution >= 0.6 is 0 Å². The highest BCUT2D eigenvalue weighted by atomic mass is 16.5. The first-order valence-electron chi connectivity index (χ1n) is 9.08. The topological polar surface area (TPSA) is 32.8 Å². The van der Waals surface area contributed by atoms with Crippen molar-refractivity contribution in [2.45, 2.75) is 18.9 Å². The molecule has 2 aliphatic rings. The quantitative estimate of drug-likeness (QED) is 0.864. The van der Waals surface area contributed by atoms with E-state index < -0.39 is 0 Å². The molecule has 4 heteroatoms. The Labute approximate surface area is 149 Å². The van der Waals surface area contributed by atoms with E-state index in [9.17, 15) is 4.79 Å². The number of nitrogens with zero attached hydrogens (tertiary/aromatic N) is 2. The number of benzene rings is 2. The van der Waals surface area contributed by atoms with Crippen LogP contribution in [-0.4, -0.2) is 43.6 Å². The van der Waals surface area contributed by atoms with Crippen molar-refractivity contribution in [1.82, 2.24) is 4.90 Å². The molecule has 0 saturated carbocycles. The number of para-hydroxylation sites is 1. The number of aryl methyl sites for hydroxylation is 1. The van der Waals surface area contributed by atoms with E-state index in [0.29, 0.717) is 13.2 Å². The summed E-state index contributed by atoms with van der Waals surface area (Å²) in [5.41, 5.74) is 3.56. The van der Waals surface area contributed by atoms with Crippen LogP contribution in [0.4, 0.5) is 5.69 Å². The van der Waals surface area contributed by atoms with E-state index in [2.05, 4.69) is 35.2 Å². The van der Waals surface area contributed by atoms with Gasteiger partial charge < -0.3 is 9.64 Å². The molecule has 0 unspecified atom stereocenters. The molecule has 0 aliphatic carbocycles. The van der Waals surface area contributed by atoms with Gasteiger partial charge in [-0.25, -0.2) is 0 Å². The van der Waals surface area contributed by atoms with Gasteiger partial charge in [-0.3, -0.25) is 9.69 Å². The van der Waals surface area contributed by atoms with E-state index in [1.165, 1.54) is 11.1 Å². The summed E-state index contributed by atoms with van der Waals surface area (Å²) >= 11 is 0. The standard InChI is InChI=1S/C21H24N2O2/c24-21(23-12-6-10-17-7-4-5-11-19(17)23)16-22-13-14-25-20(15-22)18-8-2-1-3-9-18/h1-5,7-9,11,20H,6,10,12-16H2/t20-/m0/s1. The van der Waals surface area contributed by atoms with Crippen LogP contribution in [0.15, 0.2) is 54.6 Å². The summed E-state index contributed by atoms with van der Waals surface area (Å²) in [7, 11) is 0. The van der Waals surface area contributed by atoms with Crippen LogP contribution in [0.25, 0.3) is 0 Å². The molecular weight excluding hydrogens is 312 g/mol. The summed E-state index contributed by atoms with van der Waals surface area (Å²) in [4.78, 5) is 17.1. The average molecular weight is 336 g/mol. The third-order valence-corrected chi connectivity index (χ3v) is 5.09. The van der Waals surface area contributed by atoms with Gasteiger partial charge in [-0.15, -0.1) is 0 Å². The summed E-state index contributed by atoms with van der Waals surface area (Å²) in [5, 5.41) is 0. The number of morpholine rings is 1. The van der Waals surface area contributed by atoms with Crippen molar-refractivity contribution in [2.75, 3.05) is 37.7 Å². The molecule has 2 aromatic rings. The van der Waals surface area contributed by atoms with Crippen molar-refractivity contribution in [3.8, 4) is 0 Å². The third-order valence-electron chi connectivity index (χ3n) is 5.09. The zero-order chi connectivity index (χ0) is 17.1. The predicted molar refractivity (Wildman–Crippen MR) is 98.7 cm³/mol. The molecule has 2 aromatic carbocycles. The lowest BCUT2D eigenvalue weighted by Crippen LogP contribution is -2.46. The minimum absolute atomic E-state index is 0.0522. The van der Waals surface area contributed by atoms with E-state index in [1.54, 1.807) is 0 Å². The van der Waals surface area contributed by atoms with Crippen LogP contribution in [0.5, 0.6) is 0 Å². The number of hydrogen-bond acceptors (Lipinski definition) is 3. The van der Waals surface area contributed by atoms with Gasteiger partial charge in [0.2, 0.25) is 5.91 Å². The summed E-state index contributed by atoms with van der Waals surface area (Å²) < 4.78 is 5.91. The highest BCUT2D eigenvalue weighted by Crippen LogP contribution is 2.27. The fourth-order valence-electron chi connectivity index (χ4n) is 3.78. The summed E-state index contributed by atoms with van der Waals surface area (Å²) in [6.07, 6.45) is 2.16. The molecule has 1 saturated heterocycles. The molecule has 0 N–H and O–H groups in total. The predicted octanol–water partition coefficient (Wildman–Crippen LogP) is 3.04. The minimum Gasteiger partial charge on any atom is -0.371 e. The number of hydrogen-bond donors (Lipinski definition) is 0. The molecule has 0 bridgehead atoms. The fourth-order valence-corrected chi connectivity index (χ4v) is 3.78. The first-order valence-corrected chi connectivity index (χ1v) is 9.08. The lowest BCUT2D eigenvalue weighted by molar-refractivity contribution is -0.122. The second-order valence-corrected chi connectivity index (χ2v) is 6.78. The minimum atomic E-state index is 0.0522. The Hall–Kier alpha value is -2.17. The monoisotopic (exact) mass is 336 g/mol. The lowest BCUT2D eigenvalue weighted by Gasteiger charge is -2.35. The van der Waals surface area contributed by atoms with Gasteiger partial charge in [0.1, 0.15) is 0 Å². The number of carbonyl (C=O) groups is 1. The molecule has 2 aliphatic heterocycles. The number of amides is 1. The Bertz CT molecular complexity index is 732. The SMILES string of the molecule is O=C(CN1CCO[C@H](c2ccccc2)C1)N1CCCc2ccccc21. The molecule has 0 aromatic heterocycles. The second-order valence-electron chi connectivity index (χ2n) is 6.78. The third kappa shape index (κ3) is 3.60. The van der Waals surface area contributed by atoms with E-state index in [1.807, 2.05) is 29.2 Å². The Kier molecular flexibility index (Phi) is 4.81. The maximum Gasteiger partial charge on any atom is 0.241 e. The normalized spacial score (nSPS) is 21.0. The van der Waals surface area contributed by atoms with Crippen LogP contribution in [0.1, 0.15) is 23.7 Å². The molecule has 1 fully saturated rings. The largest absolute Gasteiger partial charge is 0.371 e. The Morgan fingerprint density at radius 3 is 2.72 bits per heavy atom. The summed E-state index contributed by atoms with van der Waals surface area (Å²) in [6, 6.07) is 18.5. The van der Waals surface area contributed by atoms with Crippen LogP contribution in [0.3, 0.4) is 0 Å². The highest BCUT2D eigenvalue weighted by molar-refractivity contribution is 5.95. The van der Waals surface area contributed by atoms with Gasteiger partial charge in [0.25, 0.3) is 0 Å². The van der Waals surface area contributed by atoms with E-state index in [-0.39, 0.29) is 12.0 Å². The van der Waals surface area contributed by atoms with Crippen molar-refractivity contribution in [3.05, 3.63) is 65.7 Å². The van der Waals surface area contributed by atoms with Crippen molar-refractivity contribution in [2.24, 2.45) is 0 Å². The average Bonchev–Trinajstić information content (AvgIpc) is 2.68. The molecule has 2 heterocycles. The molecule has 1 amide bonds. The van der Waals surface area contributed by atoms with Crippen LogP contribution < -0.4 is 4.90 Å². The highest BCUT2D eigenvalue weighted by Gasteiger charge is 2.27. The molecule has 0 spiro atoms. The van der Waals surface area contributed by atoms with Gasteiger partial charge in [0.05, 0.1) is 19.3 Å². The van der Waals surface area contributed by atoms with Crippen molar-refractivity contribution in [1.29, 1.82) is 0 Å². The molecule has 25 heavy (non-hydrogen) atoms. The number of ether oxygens (including phenoxy) is 1. The van der Waals surface area contributed by atoms with Crippen molar-refractivity contribution >= 4 is 11.6 Å². The second kappa shape index (κ2) is 7.38. The van der Waals surface area contributed by atoms with Gasteiger partial charge in [-0.05, 0) is 30.0 Å². The molecule has 130 valence electrons. The van der Waals surface area contributed by atoms with Gasteiger partial charge >= 0.3 is 0 Å². The van der Waals surface area contributed by atoms with E-state index in [0.717, 1.165) is 38.2 Å². The summed E-state index contributed by atoms with van der Waals surface area (Å²) in [5.74, 6) is 0.195. The maximum atomic E-state index is 12.9. The Morgan fingerprint density at radius 2 is 1.84 bits per heavy atom. The van der Waals surface area contributed by atoms with E-state index in [4.69, 9.17) is 4.74 Å². The lowest BCUT2D eigenvalue weighted by atomic mass is 10.0. The Balaban J connectivity index is 1.43. The zero-order valence-electron chi connectivity index (χ0n) is 14.4. The molecule has 1 atom stereocenters. The molecule has 4 rings (SSSR count). The molecular formula is C21H24N2O2.